The molecule has 1 aromatic heterocycles. The molecular weight excluding hydrogens is 324 g/mol. The molecule has 1 heterocycles. The van der Waals surface area contributed by atoms with Gasteiger partial charge in [0.25, 0.3) is 0 Å². The summed E-state index contributed by atoms with van der Waals surface area (Å²) in [5, 5.41) is 19.7. The third-order valence-electron chi connectivity index (χ3n) is 3.71. The van der Waals surface area contributed by atoms with Crippen molar-refractivity contribution in [2.75, 3.05) is 20.8 Å². The number of nitrogens with zero attached hydrogens (tertiary/aromatic N) is 2. The minimum absolute atomic E-state index is 0.0789. The molecule has 0 aliphatic heterocycles. The summed E-state index contributed by atoms with van der Waals surface area (Å²) >= 11 is 0. The summed E-state index contributed by atoms with van der Waals surface area (Å²) in [7, 11) is 3.07. The van der Waals surface area contributed by atoms with Gasteiger partial charge in [0.15, 0.2) is 11.5 Å². The number of ether oxygens (including phenoxy) is 2. The van der Waals surface area contributed by atoms with Gasteiger partial charge in [-0.3, -0.25) is 4.68 Å². The van der Waals surface area contributed by atoms with Gasteiger partial charge in [-0.1, -0.05) is 6.07 Å². The average molecular weight is 348 g/mol. The molecule has 3 N–H and O–H groups in total. The van der Waals surface area contributed by atoms with E-state index in [-0.39, 0.29) is 12.6 Å². The highest BCUT2D eigenvalue weighted by Gasteiger charge is 2.13. The van der Waals surface area contributed by atoms with E-state index in [0.29, 0.717) is 23.6 Å². The quantitative estimate of drug-likeness (QED) is 0.671. The normalized spacial score (nSPS) is 11.7. The topological polar surface area (TPSA) is 97.6 Å². The summed E-state index contributed by atoms with van der Waals surface area (Å²) in [4.78, 5) is 11.8. The molecule has 1 unspecified atom stereocenters. The minimum atomic E-state index is -0.853. The van der Waals surface area contributed by atoms with E-state index >= 15 is 0 Å². The number of hydrogen-bond acceptors (Lipinski definition) is 5. The molecule has 136 valence electrons. The second-order valence-corrected chi connectivity index (χ2v) is 5.40. The third-order valence-corrected chi connectivity index (χ3v) is 3.71. The molecular formula is C17H24N4O4. The smallest absolute Gasteiger partial charge is 0.315 e. The number of aliphatic hydroxyl groups is 1. The molecule has 0 saturated carbocycles. The van der Waals surface area contributed by atoms with E-state index in [9.17, 15) is 9.90 Å². The van der Waals surface area contributed by atoms with Crippen molar-refractivity contribution in [2.24, 2.45) is 0 Å². The van der Waals surface area contributed by atoms with Gasteiger partial charge in [-0.15, -0.1) is 0 Å². The molecule has 2 aromatic rings. The number of aryl methyl sites for hydroxylation is 1. The monoisotopic (exact) mass is 348 g/mol. The van der Waals surface area contributed by atoms with Crippen molar-refractivity contribution in [3.63, 3.8) is 0 Å². The van der Waals surface area contributed by atoms with Gasteiger partial charge >= 0.3 is 6.03 Å². The lowest BCUT2D eigenvalue weighted by Gasteiger charge is -2.15. The van der Waals surface area contributed by atoms with Crippen LogP contribution in [-0.4, -0.2) is 41.7 Å². The molecule has 1 atom stereocenters. The van der Waals surface area contributed by atoms with E-state index in [0.717, 1.165) is 12.1 Å². The Labute approximate surface area is 146 Å². The minimum Gasteiger partial charge on any atom is -0.493 e. The van der Waals surface area contributed by atoms with Crippen LogP contribution in [0, 0.1) is 0 Å². The Morgan fingerprint density at radius 1 is 1.28 bits per heavy atom. The first-order chi connectivity index (χ1) is 12.1. The van der Waals surface area contributed by atoms with Crippen molar-refractivity contribution in [3.05, 3.63) is 41.7 Å². The van der Waals surface area contributed by atoms with Crippen molar-refractivity contribution in [3.8, 4) is 11.5 Å². The zero-order valence-corrected chi connectivity index (χ0v) is 14.7. The third kappa shape index (κ3) is 5.12. The highest BCUT2D eigenvalue weighted by molar-refractivity contribution is 5.73. The number of hydrogen-bond donors (Lipinski definition) is 3. The van der Waals surface area contributed by atoms with E-state index < -0.39 is 6.10 Å². The Morgan fingerprint density at radius 3 is 2.68 bits per heavy atom. The zero-order chi connectivity index (χ0) is 18.2. The highest BCUT2D eigenvalue weighted by Crippen LogP contribution is 2.29. The van der Waals surface area contributed by atoms with Crippen LogP contribution in [0.1, 0.15) is 24.2 Å². The Kier molecular flexibility index (Phi) is 6.64. The molecule has 1 aromatic carbocycles. The summed E-state index contributed by atoms with van der Waals surface area (Å²) in [6, 6.07) is 4.76. The van der Waals surface area contributed by atoms with Crippen LogP contribution in [0.5, 0.6) is 11.5 Å². The van der Waals surface area contributed by atoms with Crippen molar-refractivity contribution < 1.29 is 19.4 Å². The van der Waals surface area contributed by atoms with Crippen LogP contribution in [0.4, 0.5) is 4.79 Å². The van der Waals surface area contributed by atoms with E-state index in [4.69, 9.17) is 9.47 Å². The van der Waals surface area contributed by atoms with Crippen LogP contribution >= 0.6 is 0 Å². The second-order valence-electron chi connectivity index (χ2n) is 5.40. The van der Waals surface area contributed by atoms with Gasteiger partial charge in [0, 0.05) is 31.4 Å². The molecule has 0 bridgehead atoms. The fraction of sp³-hybridized carbons (Fsp3) is 0.412. The molecule has 0 spiro atoms. The molecule has 0 aliphatic rings. The first kappa shape index (κ1) is 18.6. The fourth-order valence-corrected chi connectivity index (χ4v) is 2.28. The second kappa shape index (κ2) is 8.93. The number of aliphatic hydroxyl groups excluding tert-OH is 1. The Hall–Kier alpha value is -2.74. The largest absolute Gasteiger partial charge is 0.493 e. The summed E-state index contributed by atoms with van der Waals surface area (Å²) in [6.07, 6.45) is 2.73. The van der Waals surface area contributed by atoms with E-state index in [1.54, 1.807) is 36.2 Å². The first-order valence-electron chi connectivity index (χ1n) is 8.00. The number of urea groups is 1. The lowest BCUT2D eigenvalue weighted by Crippen LogP contribution is -2.37. The predicted molar refractivity (Wildman–Crippen MR) is 92.6 cm³/mol. The summed E-state index contributed by atoms with van der Waals surface area (Å²) in [5.41, 5.74) is 1.54. The van der Waals surface area contributed by atoms with Crippen LogP contribution in [-0.2, 0) is 13.1 Å². The highest BCUT2D eigenvalue weighted by atomic mass is 16.5. The molecule has 0 aliphatic carbocycles. The van der Waals surface area contributed by atoms with Crippen molar-refractivity contribution in [2.45, 2.75) is 26.1 Å². The lowest BCUT2D eigenvalue weighted by atomic mass is 10.1. The number of rotatable bonds is 8. The van der Waals surface area contributed by atoms with Gasteiger partial charge < -0.3 is 25.2 Å². The number of benzene rings is 1. The van der Waals surface area contributed by atoms with Gasteiger partial charge in [0.1, 0.15) is 0 Å². The maximum Gasteiger partial charge on any atom is 0.315 e. The number of amides is 2. The van der Waals surface area contributed by atoms with Crippen molar-refractivity contribution in [1.29, 1.82) is 0 Å². The van der Waals surface area contributed by atoms with Gasteiger partial charge in [-0.2, -0.15) is 5.10 Å². The van der Waals surface area contributed by atoms with Crippen LogP contribution in [0.2, 0.25) is 0 Å². The molecule has 25 heavy (non-hydrogen) atoms. The number of nitrogens with one attached hydrogen (secondary N) is 2. The van der Waals surface area contributed by atoms with Gasteiger partial charge in [-0.25, -0.2) is 4.79 Å². The molecule has 8 heteroatoms. The summed E-state index contributed by atoms with van der Waals surface area (Å²) in [5.74, 6) is 1.10. The van der Waals surface area contributed by atoms with E-state index in [2.05, 4.69) is 15.7 Å². The van der Waals surface area contributed by atoms with Crippen molar-refractivity contribution >= 4 is 6.03 Å². The molecule has 0 radical (unpaired) electrons. The van der Waals surface area contributed by atoms with Gasteiger partial charge in [-0.05, 0) is 24.6 Å². The summed E-state index contributed by atoms with van der Waals surface area (Å²) < 4.78 is 12.2. The lowest BCUT2D eigenvalue weighted by molar-refractivity contribution is 0.172. The molecule has 8 nitrogen and oxygen atoms in total. The van der Waals surface area contributed by atoms with Gasteiger partial charge in [0.05, 0.1) is 26.5 Å². The van der Waals surface area contributed by atoms with Crippen LogP contribution in [0.3, 0.4) is 0 Å². The number of carbonyl (C=O) groups excluding carboxylic acids is 1. The summed E-state index contributed by atoms with van der Waals surface area (Å²) in [6.45, 7) is 3.23. The SMILES string of the molecule is CCn1cc(CNC(=O)NCC(O)c2ccc(OC)c(OC)c2)cn1. The predicted octanol–water partition coefficient (Wildman–Crippen LogP) is 1.45. The van der Waals surface area contributed by atoms with Gasteiger partial charge in [0.2, 0.25) is 0 Å². The number of methoxy groups -OCH3 is 2. The van der Waals surface area contributed by atoms with E-state index in [1.165, 1.54) is 7.11 Å². The van der Waals surface area contributed by atoms with Crippen LogP contribution in [0.25, 0.3) is 0 Å². The maximum atomic E-state index is 11.8. The van der Waals surface area contributed by atoms with E-state index in [1.807, 2.05) is 13.1 Å². The number of aromatic nitrogens is 2. The van der Waals surface area contributed by atoms with Crippen molar-refractivity contribution in [1.82, 2.24) is 20.4 Å². The molecule has 2 amide bonds. The zero-order valence-electron chi connectivity index (χ0n) is 14.7. The van der Waals surface area contributed by atoms with Crippen LogP contribution < -0.4 is 20.1 Å². The average Bonchev–Trinajstić information content (AvgIpc) is 3.11. The Morgan fingerprint density at radius 2 is 2.04 bits per heavy atom. The Bertz CT molecular complexity index is 702. The fourth-order valence-electron chi connectivity index (χ4n) is 2.28. The van der Waals surface area contributed by atoms with Crippen LogP contribution in [0.15, 0.2) is 30.6 Å². The first-order valence-corrected chi connectivity index (χ1v) is 8.00. The molecule has 0 fully saturated rings. The standard InChI is InChI=1S/C17H24N4O4/c1-4-21-11-12(9-20-21)8-18-17(23)19-10-14(22)13-5-6-15(24-2)16(7-13)25-3/h5-7,9,11,14,22H,4,8,10H2,1-3H3,(H2,18,19,23). The molecule has 0 saturated heterocycles. The maximum absolute atomic E-state index is 11.8. The Balaban J connectivity index is 1.82. The molecule has 2 rings (SSSR count). The number of carbonyl (C=O) groups is 1.